The molecule has 0 atom stereocenters. The van der Waals surface area contributed by atoms with E-state index in [2.05, 4.69) is 14.8 Å². The van der Waals surface area contributed by atoms with E-state index in [1.54, 1.807) is 0 Å². The van der Waals surface area contributed by atoms with Crippen LogP contribution in [0.3, 0.4) is 0 Å². The average molecular weight is 193 g/mol. The molecule has 1 rings (SSSR count). The molecule has 0 unspecified atom stereocenters. The second-order valence-electron chi connectivity index (χ2n) is 2.14. The van der Waals surface area contributed by atoms with Gasteiger partial charge in [0.05, 0.1) is 13.2 Å². The predicted molar refractivity (Wildman–Crippen MR) is 44.3 cm³/mol. The number of aliphatic hydroxyl groups excluding tert-OH is 2. The zero-order valence-corrected chi connectivity index (χ0v) is 7.36. The molecule has 0 aromatic heterocycles. The van der Waals surface area contributed by atoms with Gasteiger partial charge in [0.2, 0.25) is 0 Å². The van der Waals surface area contributed by atoms with Gasteiger partial charge in [-0.05, 0) is 0 Å². The number of carbonyl (C=O) groups excluding carboxylic acids is 1. The molecule has 1 heterocycles. The molecule has 1 fully saturated rings. The molecule has 0 saturated carbocycles. The van der Waals surface area contributed by atoms with Gasteiger partial charge in [-0.1, -0.05) is 0 Å². The molecule has 0 bridgehead atoms. The van der Waals surface area contributed by atoms with Crippen LogP contribution >= 0.6 is 0 Å². The molecular formula is C7H15NO5. The summed E-state index contributed by atoms with van der Waals surface area (Å²) in [5, 5.41) is 19.1. The van der Waals surface area contributed by atoms with E-state index in [-0.39, 0.29) is 13.2 Å². The molecule has 6 nitrogen and oxygen atoms in total. The Morgan fingerprint density at radius 3 is 1.85 bits per heavy atom. The molecule has 1 aliphatic rings. The fourth-order valence-corrected chi connectivity index (χ4v) is 0.575. The summed E-state index contributed by atoms with van der Waals surface area (Å²) in [6.45, 7) is 2.25. The van der Waals surface area contributed by atoms with Crippen LogP contribution in [0, 0.1) is 0 Å². The van der Waals surface area contributed by atoms with Gasteiger partial charge in [0, 0.05) is 13.1 Å². The molecule has 1 saturated heterocycles. The average Bonchev–Trinajstić information content (AvgIpc) is 2.58. The first-order chi connectivity index (χ1) is 6.31. The normalized spacial score (nSPS) is 14.2. The molecule has 0 aromatic rings. The first-order valence-electron chi connectivity index (χ1n) is 4.03. The SMILES string of the molecule is O=C1OCCO1.OCCNCCO. The molecule has 13 heavy (non-hydrogen) atoms. The summed E-state index contributed by atoms with van der Waals surface area (Å²) in [5.74, 6) is 0. The van der Waals surface area contributed by atoms with E-state index in [9.17, 15) is 4.79 Å². The lowest BCUT2D eigenvalue weighted by Crippen LogP contribution is -2.21. The number of carbonyl (C=O) groups is 1. The Bertz CT molecular complexity index is 118. The third kappa shape index (κ3) is 9.06. The smallest absolute Gasteiger partial charge is 0.431 e. The van der Waals surface area contributed by atoms with Crippen LogP contribution in [0.5, 0.6) is 0 Å². The zero-order chi connectivity index (χ0) is 9.94. The number of hydrogen-bond acceptors (Lipinski definition) is 6. The second-order valence-corrected chi connectivity index (χ2v) is 2.14. The highest BCUT2D eigenvalue weighted by Gasteiger charge is 2.09. The van der Waals surface area contributed by atoms with Gasteiger partial charge in [-0.15, -0.1) is 0 Å². The third-order valence-corrected chi connectivity index (χ3v) is 1.10. The van der Waals surface area contributed by atoms with Gasteiger partial charge >= 0.3 is 6.16 Å². The summed E-state index contributed by atoms with van der Waals surface area (Å²) < 4.78 is 8.58. The highest BCUT2D eigenvalue weighted by Crippen LogP contribution is 1.92. The number of hydrogen-bond donors (Lipinski definition) is 3. The number of nitrogens with one attached hydrogen (secondary N) is 1. The van der Waals surface area contributed by atoms with Crippen molar-refractivity contribution in [1.29, 1.82) is 0 Å². The second kappa shape index (κ2) is 9.24. The molecule has 0 radical (unpaired) electrons. The van der Waals surface area contributed by atoms with Gasteiger partial charge in [0.15, 0.2) is 0 Å². The van der Waals surface area contributed by atoms with E-state index >= 15 is 0 Å². The minimum Gasteiger partial charge on any atom is -0.431 e. The molecule has 6 heteroatoms. The van der Waals surface area contributed by atoms with Gasteiger partial charge in [-0.3, -0.25) is 0 Å². The Morgan fingerprint density at radius 2 is 1.62 bits per heavy atom. The van der Waals surface area contributed by atoms with E-state index < -0.39 is 6.16 Å². The van der Waals surface area contributed by atoms with Crippen molar-refractivity contribution in [3.8, 4) is 0 Å². The molecule has 3 N–H and O–H groups in total. The van der Waals surface area contributed by atoms with Crippen LogP contribution in [0.2, 0.25) is 0 Å². The maximum absolute atomic E-state index is 9.80. The first kappa shape index (κ1) is 12.2. The summed E-state index contributed by atoms with van der Waals surface area (Å²) in [5.41, 5.74) is 0. The van der Waals surface area contributed by atoms with Crippen molar-refractivity contribution in [3.05, 3.63) is 0 Å². The van der Waals surface area contributed by atoms with Crippen molar-refractivity contribution < 1.29 is 24.5 Å². The van der Waals surface area contributed by atoms with Crippen molar-refractivity contribution in [3.63, 3.8) is 0 Å². The summed E-state index contributed by atoms with van der Waals surface area (Å²) in [6.07, 6.45) is -0.546. The fraction of sp³-hybridized carbons (Fsp3) is 0.857. The lowest BCUT2D eigenvalue weighted by molar-refractivity contribution is 0.131. The van der Waals surface area contributed by atoms with Gasteiger partial charge < -0.3 is 25.0 Å². The van der Waals surface area contributed by atoms with Crippen molar-refractivity contribution >= 4 is 6.16 Å². The van der Waals surface area contributed by atoms with Crippen LogP contribution in [-0.4, -0.2) is 55.9 Å². The Kier molecular flexibility index (Phi) is 8.64. The summed E-state index contributed by atoms with van der Waals surface area (Å²) >= 11 is 0. The Labute approximate surface area is 76.5 Å². The number of aliphatic hydroxyl groups is 2. The van der Waals surface area contributed by atoms with Crippen molar-refractivity contribution in [2.75, 3.05) is 39.5 Å². The van der Waals surface area contributed by atoms with E-state index in [1.165, 1.54) is 0 Å². The zero-order valence-electron chi connectivity index (χ0n) is 7.36. The number of cyclic esters (lactones) is 2. The first-order valence-corrected chi connectivity index (χ1v) is 4.03. The van der Waals surface area contributed by atoms with Gasteiger partial charge in [0.25, 0.3) is 0 Å². The molecule has 0 spiro atoms. The van der Waals surface area contributed by atoms with Crippen LogP contribution in [0.1, 0.15) is 0 Å². The van der Waals surface area contributed by atoms with E-state index in [0.717, 1.165) is 0 Å². The maximum Gasteiger partial charge on any atom is 0.508 e. The lowest BCUT2D eigenvalue weighted by atomic mass is 10.6. The van der Waals surface area contributed by atoms with E-state index in [1.807, 2.05) is 0 Å². The van der Waals surface area contributed by atoms with Crippen LogP contribution < -0.4 is 5.32 Å². The highest BCUT2D eigenvalue weighted by atomic mass is 16.8. The fourth-order valence-electron chi connectivity index (χ4n) is 0.575. The Morgan fingerprint density at radius 1 is 1.15 bits per heavy atom. The maximum atomic E-state index is 9.80. The third-order valence-electron chi connectivity index (χ3n) is 1.10. The summed E-state index contributed by atoms with van der Waals surface area (Å²) in [6, 6.07) is 0. The largest absolute Gasteiger partial charge is 0.508 e. The number of ether oxygens (including phenoxy) is 2. The van der Waals surface area contributed by atoms with E-state index in [4.69, 9.17) is 10.2 Å². The van der Waals surface area contributed by atoms with Crippen molar-refractivity contribution in [2.24, 2.45) is 0 Å². The Hall–Kier alpha value is -0.850. The lowest BCUT2D eigenvalue weighted by Gasteiger charge is -1.94. The molecule has 0 amide bonds. The van der Waals surface area contributed by atoms with Crippen LogP contribution in [-0.2, 0) is 9.47 Å². The highest BCUT2D eigenvalue weighted by molar-refractivity contribution is 5.61. The predicted octanol–water partition coefficient (Wildman–Crippen LogP) is -1.29. The topological polar surface area (TPSA) is 88.0 Å². The van der Waals surface area contributed by atoms with E-state index in [0.29, 0.717) is 26.3 Å². The van der Waals surface area contributed by atoms with Crippen molar-refractivity contribution in [1.82, 2.24) is 5.32 Å². The van der Waals surface area contributed by atoms with Crippen molar-refractivity contribution in [2.45, 2.75) is 0 Å². The monoisotopic (exact) mass is 193 g/mol. The molecule has 78 valence electrons. The van der Waals surface area contributed by atoms with Crippen LogP contribution in [0.4, 0.5) is 4.79 Å². The van der Waals surface area contributed by atoms with Gasteiger partial charge in [-0.25, -0.2) is 4.79 Å². The Balaban J connectivity index is 0.000000223. The van der Waals surface area contributed by atoms with Gasteiger partial charge in [-0.2, -0.15) is 0 Å². The minimum absolute atomic E-state index is 0.139. The summed E-state index contributed by atoms with van der Waals surface area (Å²) in [4.78, 5) is 9.80. The molecule has 1 aliphatic heterocycles. The van der Waals surface area contributed by atoms with Crippen LogP contribution in [0.25, 0.3) is 0 Å². The van der Waals surface area contributed by atoms with Gasteiger partial charge in [0.1, 0.15) is 13.2 Å². The molecular weight excluding hydrogens is 178 g/mol. The summed E-state index contributed by atoms with van der Waals surface area (Å²) in [7, 11) is 0. The van der Waals surface area contributed by atoms with Crippen LogP contribution in [0.15, 0.2) is 0 Å². The number of rotatable bonds is 4. The standard InChI is InChI=1S/C4H11NO2.C3H4O3/c6-3-1-5-2-4-7;4-3-5-1-2-6-3/h5-7H,1-4H2;1-2H2. The molecule has 0 aromatic carbocycles. The quantitative estimate of drug-likeness (QED) is 0.380. The minimum atomic E-state index is -0.546. The molecule has 0 aliphatic carbocycles.